The molecule has 0 aliphatic heterocycles. The Morgan fingerprint density at radius 3 is 2.94 bits per heavy atom. The van der Waals surface area contributed by atoms with Gasteiger partial charge in [-0.3, -0.25) is 0 Å². The highest BCUT2D eigenvalue weighted by Gasteiger charge is 2.11. The first-order valence-electron chi connectivity index (χ1n) is 4.94. The van der Waals surface area contributed by atoms with E-state index in [9.17, 15) is 4.79 Å². The number of hydrogen-bond donors (Lipinski definition) is 0. The van der Waals surface area contributed by atoms with E-state index in [1.165, 1.54) is 0 Å². The number of carbonyl (C=O) groups excluding carboxylic acids is 1. The third-order valence-corrected chi connectivity index (χ3v) is 2.40. The molecule has 0 radical (unpaired) electrons. The molecular weight excluding hydrogens is 226 g/mol. The summed E-state index contributed by atoms with van der Waals surface area (Å²) in [6.45, 7) is 2.13. The number of ether oxygens (including phenoxy) is 1. The van der Waals surface area contributed by atoms with Gasteiger partial charge in [0.2, 0.25) is 0 Å². The van der Waals surface area contributed by atoms with Crippen molar-refractivity contribution in [2.75, 3.05) is 6.61 Å². The topological polar surface area (TPSA) is 39.2 Å². The number of benzene rings is 1. The van der Waals surface area contributed by atoms with Crippen molar-refractivity contribution in [1.82, 2.24) is 4.98 Å². The first kappa shape index (κ1) is 10.9. The molecule has 82 valence electrons. The summed E-state index contributed by atoms with van der Waals surface area (Å²) >= 11 is 5.78. The SMILES string of the molecule is CCOC(=O)c1cccc2nc(Cl)ccc12. The molecule has 0 fully saturated rings. The Hall–Kier alpha value is -1.61. The van der Waals surface area contributed by atoms with Crippen molar-refractivity contribution in [3.8, 4) is 0 Å². The summed E-state index contributed by atoms with van der Waals surface area (Å²) in [5.74, 6) is -0.336. The Morgan fingerprint density at radius 1 is 1.38 bits per heavy atom. The summed E-state index contributed by atoms with van der Waals surface area (Å²) in [6, 6.07) is 8.72. The van der Waals surface area contributed by atoms with Gasteiger partial charge in [0.25, 0.3) is 0 Å². The molecule has 0 N–H and O–H groups in total. The summed E-state index contributed by atoms with van der Waals surface area (Å²) in [4.78, 5) is 15.8. The molecule has 4 heteroatoms. The molecule has 0 spiro atoms. The first-order valence-corrected chi connectivity index (χ1v) is 5.32. The zero-order valence-corrected chi connectivity index (χ0v) is 9.49. The Kier molecular flexibility index (Phi) is 3.06. The monoisotopic (exact) mass is 235 g/mol. The van der Waals surface area contributed by atoms with Crippen molar-refractivity contribution in [2.45, 2.75) is 6.92 Å². The van der Waals surface area contributed by atoms with E-state index in [0.717, 1.165) is 5.39 Å². The van der Waals surface area contributed by atoms with Crippen LogP contribution >= 0.6 is 11.6 Å². The van der Waals surface area contributed by atoms with E-state index >= 15 is 0 Å². The summed E-state index contributed by atoms with van der Waals surface area (Å²) < 4.78 is 4.97. The number of carbonyl (C=O) groups is 1. The third kappa shape index (κ3) is 1.99. The largest absolute Gasteiger partial charge is 0.462 e. The van der Waals surface area contributed by atoms with Gasteiger partial charge in [0, 0.05) is 5.39 Å². The highest BCUT2D eigenvalue weighted by atomic mass is 35.5. The van der Waals surface area contributed by atoms with Gasteiger partial charge in [-0.1, -0.05) is 17.7 Å². The number of pyridine rings is 1. The van der Waals surface area contributed by atoms with Crippen LogP contribution in [0.15, 0.2) is 30.3 Å². The zero-order valence-electron chi connectivity index (χ0n) is 8.74. The highest BCUT2D eigenvalue weighted by molar-refractivity contribution is 6.29. The molecule has 0 saturated carbocycles. The molecule has 1 heterocycles. The van der Waals surface area contributed by atoms with Crippen molar-refractivity contribution >= 4 is 28.5 Å². The first-order chi connectivity index (χ1) is 7.72. The summed E-state index contributed by atoms with van der Waals surface area (Å²) in [5.41, 5.74) is 1.21. The fourth-order valence-electron chi connectivity index (χ4n) is 1.52. The van der Waals surface area contributed by atoms with Gasteiger partial charge in [0.05, 0.1) is 17.7 Å². The number of aromatic nitrogens is 1. The van der Waals surface area contributed by atoms with E-state index in [1.54, 1.807) is 31.2 Å². The average Bonchev–Trinajstić information content (AvgIpc) is 2.28. The van der Waals surface area contributed by atoms with Crippen molar-refractivity contribution < 1.29 is 9.53 Å². The Morgan fingerprint density at radius 2 is 2.19 bits per heavy atom. The molecule has 16 heavy (non-hydrogen) atoms. The number of rotatable bonds is 2. The van der Waals surface area contributed by atoms with Gasteiger partial charge >= 0.3 is 5.97 Å². The van der Waals surface area contributed by atoms with Crippen LogP contribution in [-0.2, 0) is 4.74 Å². The van der Waals surface area contributed by atoms with Crippen LogP contribution in [0.1, 0.15) is 17.3 Å². The maximum absolute atomic E-state index is 11.7. The maximum atomic E-state index is 11.7. The lowest BCUT2D eigenvalue weighted by atomic mass is 10.1. The Bertz CT molecular complexity index is 540. The third-order valence-electron chi connectivity index (χ3n) is 2.19. The van der Waals surface area contributed by atoms with Crippen molar-refractivity contribution in [2.24, 2.45) is 0 Å². The average molecular weight is 236 g/mol. The molecule has 3 nitrogen and oxygen atoms in total. The van der Waals surface area contributed by atoms with Crippen LogP contribution in [0.25, 0.3) is 10.9 Å². The fraction of sp³-hybridized carbons (Fsp3) is 0.167. The minimum absolute atomic E-state index is 0.336. The van der Waals surface area contributed by atoms with Gasteiger partial charge in [-0.25, -0.2) is 9.78 Å². The summed E-state index contributed by atoms with van der Waals surface area (Å²) in [5, 5.41) is 1.17. The van der Waals surface area contributed by atoms with E-state index in [2.05, 4.69) is 4.98 Å². The van der Waals surface area contributed by atoms with Crippen LogP contribution < -0.4 is 0 Å². The number of esters is 1. The molecule has 0 aliphatic rings. The number of fused-ring (bicyclic) bond motifs is 1. The fourth-order valence-corrected chi connectivity index (χ4v) is 1.67. The summed E-state index contributed by atoms with van der Waals surface area (Å²) in [7, 11) is 0. The Labute approximate surface area is 98.0 Å². The lowest BCUT2D eigenvalue weighted by molar-refractivity contribution is 0.0528. The van der Waals surface area contributed by atoms with E-state index < -0.39 is 0 Å². The van der Waals surface area contributed by atoms with Crippen LogP contribution in [0.2, 0.25) is 5.15 Å². The van der Waals surface area contributed by atoms with E-state index in [-0.39, 0.29) is 5.97 Å². The van der Waals surface area contributed by atoms with Crippen molar-refractivity contribution in [3.63, 3.8) is 0 Å². The highest BCUT2D eigenvalue weighted by Crippen LogP contribution is 2.20. The standard InChI is InChI=1S/C12H10ClNO2/c1-2-16-12(15)9-4-3-5-10-8(9)6-7-11(13)14-10/h3-7H,2H2,1H3. The van der Waals surface area contributed by atoms with Gasteiger partial charge in [0.15, 0.2) is 0 Å². The second-order valence-electron chi connectivity index (χ2n) is 3.23. The molecular formula is C12H10ClNO2. The lowest BCUT2D eigenvalue weighted by Crippen LogP contribution is -2.05. The van der Waals surface area contributed by atoms with Gasteiger partial charge in [-0.05, 0) is 31.2 Å². The molecule has 0 unspecified atom stereocenters. The van der Waals surface area contributed by atoms with Crippen LogP contribution in [0.4, 0.5) is 0 Å². The molecule has 0 atom stereocenters. The van der Waals surface area contributed by atoms with Gasteiger partial charge in [-0.2, -0.15) is 0 Å². The van der Waals surface area contributed by atoms with Crippen LogP contribution in [0.5, 0.6) is 0 Å². The van der Waals surface area contributed by atoms with Gasteiger partial charge < -0.3 is 4.74 Å². The zero-order chi connectivity index (χ0) is 11.5. The van der Waals surface area contributed by atoms with E-state index in [0.29, 0.717) is 22.8 Å². The quantitative estimate of drug-likeness (QED) is 0.593. The minimum atomic E-state index is -0.336. The van der Waals surface area contributed by atoms with Crippen LogP contribution in [-0.4, -0.2) is 17.6 Å². The van der Waals surface area contributed by atoms with E-state index in [4.69, 9.17) is 16.3 Å². The molecule has 1 aromatic heterocycles. The van der Waals surface area contributed by atoms with Crippen LogP contribution in [0, 0.1) is 0 Å². The second-order valence-corrected chi connectivity index (χ2v) is 3.61. The van der Waals surface area contributed by atoms with Crippen LogP contribution in [0.3, 0.4) is 0 Å². The molecule has 0 amide bonds. The smallest absolute Gasteiger partial charge is 0.338 e. The molecule has 2 aromatic rings. The lowest BCUT2D eigenvalue weighted by Gasteiger charge is -2.05. The number of halogens is 1. The predicted octanol–water partition coefficient (Wildman–Crippen LogP) is 3.06. The maximum Gasteiger partial charge on any atom is 0.338 e. The summed E-state index contributed by atoms with van der Waals surface area (Å²) in [6.07, 6.45) is 0. The second kappa shape index (κ2) is 4.49. The minimum Gasteiger partial charge on any atom is -0.462 e. The van der Waals surface area contributed by atoms with Gasteiger partial charge in [-0.15, -0.1) is 0 Å². The van der Waals surface area contributed by atoms with Crippen molar-refractivity contribution in [3.05, 3.63) is 41.0 Å². The predicted molar refractivity (Wildman–Crippen MR) is 62.7 cm³/mol. The number of hydrogen-bond acceptors (Lipinski definition) is 3. The Balaban J connectivity index is 2.58. The number of nitrogens with zero attached hydrogens (tertiary/aromatic N) is 1. The molecule has 0 aliphatic carbocycles. The van der Waals surface area contributed by atoms with Gasteiger partial charge in [0.1, 0.15) is 5.15 Å². The molecule has 0 bridgehead atoms. The molecule has 2 rings (SSSR count). The molecule has 0 saturated heterocycles. The van der Waals surface area contributed by atoms with Crippen molar-refractivity contribution in [1.29, 1.82) is 0 Å². The molecule has 1 aromatic carbocycles. The van der Waals surface area contributed by atoms with E-state index in [1.807, 2.05) is 6.07 Å². The normalized spacial score (nSPS) is 10.4.